The standard InChI is InChI=1S/C25H24FN5O3/c1-3-34-20-10-6-17(7-11-20)21-12-13-24(32)31(29-21)15-14-27-25(33)23-16-22(28-30(23)2)18-4-8-19(26)9-5-18/h4-13,16H,3,14-15H2,1-2H3,(H,27,33). The summed E-state index contributed by atoms with van der Waals surface area (Å²) in [5, 5.41) is 11.5. The quantitative estimate of drug-likeness (QED) is 0.435. The number of carbonyl (C=O) groups excluding carboxylic acids is 1. The predicted octanol–water partition coefficient (Wildman–Crippen LogP) is 3.28. The van der Waals surface area contributed by atoms with Crippen molar-refractivity contribution >= 4 is 5.91 Å². The summed E-state index contributed by atoms with van der Waals surface area (Å²) >= 11 is 0. The van der Waals surface area contributed by atoms with Gasteiger partial charge in [-0.05, 0) is 67.6 Å². The van der Waals surface area contributed by atoms with Crippen molar-refractivity contribution < 1.29 is 13.9 Å². The number of rotatable bonds is 8. The van der Waals surface area contributed by atoms with Crippen molar-refractivity contribution in [2.75, 3.05) is 13.2 Å². The Hall–Kier alpha value is -4.27. The summed E-state index contributed by atoms with van der Waals surface area (Å²) in [5.74, 6) is 0.0900. The van der Waals surface area contributed by atoms with E-state index in [2.05, 4.69) is 15.5 Å². The predicted molar refractivity (Wildman–Crippen MR) is 126 cm³/mol. The van der Waals surface area contributed by atoms with Crippen molar-refractivity contribution in [1.29, 1.82) is 0 Å². The van der Waals surface area contributed by atoms with E-state index in [1.54, 1.807) is 31.3 Å². The number of hydrogen-bond donors (Lipinski definition) is 1. The van der Waals surface area contributed by atoms with E-state index in [0.717, 1.165) is 11.3 Å². The van der Waals surface area contributed by atoms with Gasteiger partial charge in [-0.25, -0.2) is 9.07 Å². The Morgan fingerprint density at radius 1 is 0.971 bits per heavy atom. The van der Waals surface area contributed by atoms with Crippen LogP contribution in [-0.4, -0.2) is 38.6 Å². The summed E-state index contributed by atoms with van der Waals surface area (Å²) in [5.41, 5.74) is 2.85. The fourth-order valence-corrected chi connectivity index (χ4v) is 3.46. The van der Waals surface area contributed by atoms with Crippen molar-refractivity contribution in [3.8, 4) is 28.3 Å². The lowest BCUT2D eigenvalue weighted by Crippen LogP contribution is -2.32. The van der Waals surface area contributed by atoms with Crippen molar-refractivity contribution in [2.24, 2.45) is 7.05 Å². The molecule has 8 nitrogen and oxygen atoms in total. The molecule has 4 aromatic rings. The van der Waals surface area contributed by atoms with Crippen LogP contribution < -0.4 is 15.6 Å². The van der Waals surface area contributed by atoms with Crippen LogP contribution in [-0.2, 0) is 13.6 Å². The molecule has 0 aliphatic heterocycles. The van der Waals surface area contributed by atoms with Gasteiger partial charge in [-0.1, -0.05) is 0 Å². The molecule has 2 aromatic carbocycles. The average molecular weight is 461 g/mol. The van der Waals surface area contributed by atoms with Gasteiger partial charge in [-0.3, -0.25) is 14.3 Å². The smallest absolute Gasteiger partial charge is 0.269 e. The zero-order chi connectivity index (χ0) is 24.1. The maximum atomic E-state index is 13.2. The molecule has 0 aliphatic carbocycles. The SMILES string of the molecule is CCOc1ccc(-c2ccc(=O)n(CCNC(=O)c3cc(-c4ccc(F)cc4)nn3C)n2)cc1. The lowest BCUT2D eigenvalue weighted by atomic mass is 10.1. The summed E-state index contributed by atoms with van der Waals surface area (Å²) < 4.78 is 21.4. The van der Waals surface area contributed by atoms with Gasteiger partial charge < -0.3 is 10.1 Å². The topological polar surface area (TPSA) is 91.0 Å². The van der Waals surface area contributed by atoms with Gasteiger partial charge in [0.15, 0.2) is 0 Å². The maximum absolute atomic E-state index is 13.2. The number of halogens is 1. The maximum Gasteiger partial charge on any atom is 0.269 e. The van der Waals surface area contributed by atoms with Gasteiger partial charge in [-0.15, -0.1) is 0 Å². The lowest BCUT2D eigenvalue weighted by molar-refractivity contribution is 0.0942. The van der Waals surface area contributed by atoms with Crippen LogP contribution >= 0.6 is 0 Å². The zero-order valence-corrected chi connectivity index (χ0v) is 18.9. The van der Waals surface area contributed by atoms with Crippen LogP contribution in [0.2, 0.25) is 0 Å². The van der Waals surface area contributed by atoms with Gasteiger partial charge in [0.05, 0.1) is 24.5 Å². The average Bonchev–Trinajstić information content (AvgIpc) is 3.23. The van der Waals surface area contributed by atoms with Crippen molar-refractivity contribution in [2.45, 2.75) is 13.5 Å². The van der Waals surface area contributed by atoms with E-state index in [4.69, 9.17) is 4.74 Å². The van der Waals surface area contributed by atoms with Crippen molar-refractivity contribution in [3.05, 3.63) is 88.6 Å². The Morgan fingerprint density at radius 2 is 1.65 bits per heavy atom. The van der Waals surface area contributed by atoms with E-state index >= 15 is 0 Å². The Kier molecular flexibility index (Phi) is 6.82. The van der Waals surface area contributed by atoms with E-state index < -0.39 is 0 Å². The Balaban J connectivity index is 1.41. The number of aryl methyl sites for hydroxylation is 1. The summed E-state index contributed by atoms with van der Waals surface area (Å²) in [7, 11) is 1.66. The molecule has 0 saturated heterocycles. The van der Waals surface area contributed by atoms with Crippen LogP contribution in [0.5, 0.6) is 5.75 Å². The minimum Gasteiger partial charge on any atom is -0.494 e. The molecule has 2 aromatic heterocycles. The van der Waals surface area contributed by atoms with Gasteiger partial charge in [0.1, 0.15) is 17.3 Å². The number of hydrogen-bond acceptors (Lipinski definition) is 5. The molecular weight excluding hydrogens is 437 g/mol. The van der Waals surface area contributed by atoms with Crippen LogP contribution in [0.1, 0.15) is 17.4 Å². The molecule has 2 heterocycles. The first-order valence-corrected chi connectivity index (χ1v) is 10.8. The minimum atomic E-state index is -0.340. The molecule has 34 heavy (non-hydrogen) atoms. The Labute approximate surface area is 195 Å². The Bertz CT molecular complexity index is 1340. The highest BCUT2D eigenvalue weighted by molar-refractivity contribution is 5.93. The van der Waals surface area contributed by atoms with Crippen LogP contribution in [0.25, 0.3) is 22.5 Å². The molecule has 0 unspecified atom stereocenters. The molecule has 0 aliphatic rings. The first kappa shape index (κ1) is 22.9. The van der Waals surface area contributed by atoms with Crippen molar-refractivity contribution in [3.63, 3.8) is 0 Å². The number of aromatic nitrogens is 4. The number of benzene rings is 2. The third-order valence-corrected chi connectivity index (χ3v) is 5.19. The number of carbonyl (C=O) groups is 1. The van der Waals surface area contributed by atoms with Crippen LogP contribution in [0.3, 0.4) is 0 Å². The van der Waals surface area contributed by atoms with E-state index in [-0.39, 0.29) is 30.4 Å². The van der Waals surface area contributed by atoms with Crippen LogP contribution in [0.4, 0.5) is 4.39 Å². The molecule has 0 atom stereocenters. The van der Waals surface area contributed by atoms with Crippen LogP contribution in [0, 0.1) is 5.82 Å². The fourth-order valence-electron chi connectivity index (χ4n) is 3.46. The second-order valence-electron chi connectivity index (χ2n) is 7.54. The lowest BCUT2D eigenvalue weighted by Gasteiger charge is -2.09. The fraction of sp³-hybridized carbons (Fsp3) is 0.200. The highest BCUT2D eigenvalue weighted by Crippen LogP contribution is 2.20. The largest absolute Gasteiger partial charge is 0.494 e. The monoisotopic (exact) mass is 461 g/mol. The number of ether oxygens (including phenoxy) is 1. The van der Waals surface area contributed by atoms with Gasteiger partial charge in [0.2, 0.25) is 0 Å². The first-order chi connectivity index (χ1) is 16.4. The van der Waals surface area contributed by atoms with Crippen LogP contribution in [0.15, 0.2) is 71.5 Å². The van der Waals surface area contributed by atoms with E-state index in [0.29, 0.717) is 29.3 Å². The number of nitrogens with zero attached hydrogens (tertiary/aromatic N) is 4. The summed E-state index contributed by atoms with van der Waals surface area (Å²) in [6.07, 6.45) is 0. The number of amides is 1. The third-order valence-electron chi connectivity index (χ3n) is 5.19. The normalized spacial score (nSPS) is 10.8. The van der Waals surface area contributed by atoms with Gasteiger partial charge in [-0.2, -0.15) is 10.2 Å². The molecule has 0 spiro atoms. The molecule has 1 N–H and O–H groups in total. The second-order valence-corrected chi connectivity index (χ2v) is 7.54. The first-order valence-electron chi connectivity index (χ1n) is 10.8. The van der Waals surface area contributed by atoms with Crippen molar-refractivity contribution in [1.82, 2.24) is 24.9 Å². The summed E-state index contributed by atoms with van der Waals surface area (Å²) in [6, 6.07) is 18.1. The van der Waals surface area contributed by atoms with E-state index in [9.17, 15) is 14.0 Å². The molecule has 4 rings (SSSR count). The summed E-state index contributed by atoms with van der Waals surface area (Å²) in [4.78, 5) is 24.9. The molecule has 0 saturated carbocycles. The molecule has 0 bridgehead atoms. The molecule has 0 radical (unpaired) electrons. The van der Waals surface area contributed by atoms with E-state index in [1.807, 2.05) is 31.2 Å². The summed E-state index contributed by atoms with van der Waals surface area (Å²) in [6.45, 7) is 2.91. The van der Waals surface area contributed by atoms with Gasteiger partial charge in [0.25, 0.3) is 11.5 Å². The molecular formula is C25H24FN5O3. The van der Waals surface area contributed by atoms with E-state index in [1.165, 1.54) is 27.6 Å². The zero-order valence-electron chi connectivity index (χ0n) is 18.9. The molecule has 174 valence electrons. The highest BCUT2D eigenvalue weighted by atomic mass is 19.1. The van der Waals surface area contributed by atoms with Gasteiger partial charge in [0, 0.05) is 30.8 Å². The number of nitrogens with one attached hydrogen (secondary N) is 1. The highest BCUT2D eigenvalue weighted by Gasteiger charge is 2.14. The molecule has 0 fully saturated rings. The minimum absolute atomic E-state index is 0.204. The Morgan fingerprint density at radius 3 is 2.35 bits per heavy atom. The molecule has 1 amide bonds. The molecule has 9 heteroatoms. The second kappa shape index (κ2) is 10.1. The van der Waals surface area contributed by atoms with Gasteiger partial charge >= 0.3 is 0 Å². The third kappa shape index (κ3) is 5.20.